The Labute approximate surface area is 146 Å². The van der Waals surface area contributed by atoms with Gasteiger partial charge in [0.15, 0.2) is 11.2 Å². The average Bonchev–Trinajstić information content (AvgIpc) is 2.97. The molecule has 0 aliphatic carbocycles. The molecule has 0 saturated carbocycles. The number of esters is 1. The van der Waals surface area contributed by atoms with Crippen molar-refractivity contribution >= 4 is 5.97 Å². The molecule has 124 valence electrons. The van der Waals surface area contributed by atoms with E-state index in [1.165, 1.54) is 0 Å². The summed E-state index contributed by atoms with van der Waals surface area (Å²) in [5.41, 5.74) is -0.437. The third kappa shape index (κ3) is 2.44. The van der Waals surface area contributed by atoms with Gasteiger partial charge in [-0.3, -0.25) is 0 Å². The second kappa shape index (κ2) is 5.87. The largest absolute Gasteiger partial charge is 0.447 e. The van der Waals surface area contributed by atoms with Crippen molar-refractivity contribution in [3.05, 3.63) is 108 Å². The maximum Gasteiger partial charge on any atom is 0.344 e. The first-order valence-corrected chi connectivity index (χ1v) is 8.28. The predicted molar refractivity (Wildman–Crippen MR) is 94.7 cm³/mol. The van der Waals surface area contributed by atoms with Gasteiger partial charge in [0.1, 0.15) is 0 Å². The second-order valence-electron chi connectivity index (χ2n) is 6.35. The normalized spacial score (nSPS) is 21.7. The molecule has 1 aliphatic heterocycles. The van der Waals surface area contributed by atoms with Crippen molar-refractivity contribution in [1.29, 1.82) is 0 Å². The van der Waals surface area contributed by atoms with E-state index in [0.717, 1.165) is 11.1 Å². The zero-order valence-electron chi connectivity index (χ0n) is 13.6. The maximum atomic E-state index is 12.8. The van der Waals surface area contributed by atoms with Crippen LogP contribution in [0.1, 0.15) is 23.1 Å². The molecule has 1 atom stereocenters. The van der Waals surface area contributed by atoms with Crippen molar-refractivity contribution in [2.45, 2.75) is 17.6 Å². The van der Waals surface area contributed by atoms with Gasteiger partial charge in [-0.15, -0.1) is 0 Å². The summed E-state index contributed by atoms with van der Waals surface area (Å²) in [5.74, 6) is -0.619. The van der Waals surface area contributed by atoms with Gasteiger partial charge >= 0.3 is 5.97 Å². The summed E-state index contributed by atoms with van der Waals surface area (Å²) < 4.78 is 5.90. The number of hydrogen-bond acceptors (Lipinski definition) is 3. The molecule has 0 bridgehead atoms. The highest BCUT2D eigenvalue weighted by molar-refractivity contribution is 5.85. The predicted octanol–water partition coefficient (Wildman–Crippen LogP) is 3.76. The van der Waals surface area contributed by atoms with Crippen LogP contribution in [0.15, 0.2) is 91.0 Å². The van der Waals surface area contributed by atoms with E-state index < -0.39 is 17.2 Å². The monoisotopic (exact) mass is 330 g/mol. The van der Waals surface area contributed by atoms with Gasteiger partial charge in [0.25, 0.3) is 0 Å². The number of rotatable bonds is 3. The van der Waals surface area contributed by atoms with Crippen LogP contribution in [0.3, 0.4) is 0 Å². The highest BCUT2D eigenvalue weighted by Crippen LogP contribution is 2.50. The van der Waals surface area contributed by atoms with E-state index in [0.29, 0.717) is 5.56 Å². The molecule has 3 aromatic carbocycles. The Morgan fingerprint density at radius 2 is 1.08 bits per heavy atom. The van der Waals surface area contributed by atoms with Gasteiger partial charge < -0.3 is 9.84 Å². The summed E-state index contributed by atoms with van der Waals surface area (Å²) in [4.78, 5) is 12.8. The summed E-state index contributed by atoms with van der Waals surface area (Å²) in [5, 5.41) is 11.2. The fourth-order valence-electron chi connectivity index (χ4n) is 3.55. The Hall–Kier alpha value is -2.91. The number of carbonyl (C=O) groups is 1. The van der Waals surface area contributed by atoms with Gasteiger partial charge in [0, 0.05) is 17.5 Å². The molecule has 1 heterocycles. The zero-order chi connectivity index (χ0) is 17.3. The molecular weight excluding hydrogens is 312 g/mol. The van der Waals surface area contributed by atoms with Gasteiger partial charge in [-0.05, 0) is 5.56 Å². The SMILES string of the molecule is O=C1OC(c2ccccc2)(c2ccccc2)CC1(O)c1ccccc1. The summed E-state index contributed by atoms with van der Waals surface area (Å²) in [7, 11) is 0. The van der Waals surface area contributed by atoms with Crippen LogP contribution in [0.4, 0.5) is 0 Å². The first-order valence-electron chi connectivity index (χ1n) is 8.28. The average molecular weight is 330 g/mol. The van der Waals surface area contributed by atoms with Gasteiger partial charge in [0.05, 0.1) is 0 Å². The molecule has 1 unspecified atom stereocenters. The maximum absolute atomic E-state index is 12.8. The quantitative estimate of drug-likeness (QED) is 0.744. The lowest BCUT2D eigenvalue weighted by atomic mass is 9.78. The lowest BCUT2D eigenvalue weighted by Crippen LogP contribution is -2.32. The van der Waals surface area contributed by atoms with Crippen LogP contribution < -0.4 is 0 Å². The fourth-order valence-corrected chi connectivity index (χ4v) is 3.55. The van der Waals surface area contributed by atoms with E-state index in [2.05, 4.69) is 0 Å². The minimum absolute atomic E-state index is 0.136. The van der Waals surface area contributed by atoms with Crippen molar-refractivity contribution in [3.63, 3.8) is 0 Å². The number of benzene rings is 3. The van der Waals surface area contributed by atoms with Crippen molar-refractivity contribution in [2.75, 3.05) is 0 Å². The molecule has 0 aromatic heterocycles. The Balaban J connectivity index is 1.89. The third-order valence-electron chi connectivity index (χ3n) is 4.84. The second-order valence-corrected chi connectivity index (χ2v) is 6.35. The molecular formula is C22H18O3. The van der Waals surface area contributed by atoms with Crippen molar-refractivity contribution in [3.8, 4) is 0 Å². The molecule has 3 aromatic rings. The summed E-state index contributed by atoms with van der Waals surface area (Å²) in [6.45, 7) is 0. The zero-order valence-corrected chi connectivity index (χ0v) is 13.6. The molecule has 0 spiro atoms. The summed E-state index contributed by atoms with van der Waals surface area (Å²) in [6, 6.07) is 28.2. The topological polar surface area (TPSA) is 46.5 Å². The minimum Gasteiger partial charge on any atom is -0.447 e. The molecule has 0 amide bonds. The molecule has 1 N–H and O–H groups in total. The molecule has 25 heavy (non-hydrogen) atoms. The first-order chi connectivity index (χ1) is 12.2. The molecule has 1 aliphatic rings. The number of carbonyl (C=O) groups excluding carboxylic acids is 1. The Morgan fingerprint density at radius 3 is 1.52 bits per heavy atom. The molecule has 1 saturated heterocycles. The number of hydrogen-bond donors (Lipinski definition) is 1. The van der Waals surface area contributed by atoms with Crippen molar-refractivity contribution in [2.24, 2.45) is 0 Å². The third-order valence-corrected chi connectivity index (χ3v) is 4.84. The smallest absolute Gasteiger partial charge is 0.344 e. The lowest BCUT2D eigenvalue weighted by molar-refractivity contribution is -0.158. The van der Waals surface area contributed by atoms with Crippen molar-refractivity contribution < 1.29 is 14.6 Å². The Kier molecular flexibility index (Phi) is 3.66. The first kappa shape index (κ1) is 15.6. The van der Waals surface area contributed by atoms with E-state index >= 15 is 0 Å². The molecule has 0 radical (unpaired) electrons. The fraction of sp³-hybridized carbons (Fsp3) is 0.136. The van der Waals surface area contributed by atoms with E-state index in [1.54, 1.807) is 12.1 Å². The van der Waals surface area contributed by atoms with Gasteiger partial charge in [-0.25, -0.2) is 4.79 Å². The van der Waals surface area contributed by atoms with Gasteiger partial charge in [-0.1, -0.05) is 91.0 Å². The molecule has 4 rings (SSSR count). The van der Waals surface area contributed by atoms with E-state index in [1.807, 2.05) is 78.9 Å². The summed E-state index contributed by atoms with van der Waals surface area (Å²) >= 11 is 0. The Morgan fingerprint density at radius 1 is 0.680 bits per heavy atom. The molecule has 3 nitrogen and oxygen atoms in total. The van der Waals surface area contributed by atoms with Crippen LogP contribution in [-0.2, 0) is 20.7 Å². The van der Waals surface area contributed by atoms with E-state index in [-0.39, 0.29) is 6.42 Å². The van der Waals surface area contributed by atoms with Crippen LogP contribution in [0.2, 0.25) is 0 Å². The van der Waals surface area contributed by atoms with Gasteiger partial charge in [-0.2, -0.15) is 0 Å². The molecule has 3 heteroatoms. The van der Waals surface area contributed by atoms with Crippen LogP contribution in [0.25, 0.3) is 0 Å². The number of ether oxygens (including phenoxy) is 1. The van der Waals surface area contributed by atoms with Gasteiger partial charge in [0.2, 0.25) is 0 Å². The highest BCUT2D eigenvalue weighted by atomic mass is 16.6. The van der Waals surface area contributed by atoms with Crippen molar-refractivity contribution in [1.82, 2.24) is 0 Å². The van der Waals surface area contributed by atoms with Crippen LogP contribution in [0, 0.1) is 0 Å². The van der Waals surface area contributed by atoms with E-state index in [9.17, 15) is 9.90 Å². The highest BCUT2D eigenvalue weighted by Gasteiger charge is 2.58. The van der Waals surface area contributed by atoms with E-state index in [4.69, 9.17) is 4.74 Å². The number of cyclic esters (lactones) is 1. The van der Waals surface area contributed by atoms with Crippen LogP contribution in [-0.4, -0.2) is 11.1 Å². The van der Waals surface area contributed by atoms with Crippen LogP contribution >= 0.6 is 0 Å². The minimum atomic E-state index is -1.67. The standard InChI is InChI=1S/C22H18O3/c23-20-21(24,17-10-4-1-5-11-17)16-22(25-20,18-12-6-2-7-13-18)19-14-8-3-9-15-19/h1-15,24H,16H2. The lowest BCUT2D eigenvalue weighted by Gasteiger charge is -2.29. The Bertz CT molecular complexity index is 835. The van der Waals surface area contributed by atoms with Crippen LogP contribution in [0.5, 0.6) is 0 Å². The summed E-state index contributed by atoms with van der Waals surface area (Å²) in [6.07, 6.45) is 0.136. The number of aliphatic hydroxyl groups is 1. The molecule has 1 fully saturated rings.